The number of nitrogens with zero attached hydrogens (tertiary/aromatic N) is 4. The lowest BCUT2D eigenvalue weighted by atomic mass is 10.2. The number of hydrogen-bond acceptors (Lipinski definition) is 7. The summed E-state index contributed by atoms with van der Waals surface area (Å²) in [6, 6.07) is 11.2. The Morgan fingerprint density at radius 1 is 1.19 bits per heavy atom. The highest BCUT2D eigenvalue weighted by atomic mass is 35.5. The highest BCUT2D eigenvalue weighted by molar-refractivity contribution is 7.98. The first kappa shape index (κ1) is 17.9. The van der Waals surface area contributed by atoms with Crippen molar-refractivity contribution in [3.05, 3.63) is 46.5 Å². The fourth-order valence-electron chi connectivity index (χ4n) is 2.31. The van der Waals surface area contributed by atoms with Gasteiger partial charge in [0.15, 0.2) is 11.6 Å². The molecule has 130 valence electrons. The molecule has 9 heteroatoms. The molecule has 0 saturated carbocycles. The second-order valence-corrected chi connectivity index (χ2v) is 6.43. The number of hydrogen-bond donors (Lipinski definition) is 1. The van der Waals surface area contributed by atoms with Crippen molar-refractivity contribution >= 4 is 41.0 Å². The fraction of sp³-hybridized carbons (Fsp3) is 0.118. The molecule has 0 saturated heterocycles. The summed E-state index contributed by atoms with van der Waals surface area (Å²) in [4.78, 5) is 33.1. The Labute approximate surface area is 158 Å². The van der Waals surface area contributed by atoms with Crippen LogP contribution >= 0.6 is 23.4 Å². The minimum atomic E-state index is -0.691. The van der Waals surface area contributed by atoms with Crippen molar-refractivity contribution in [2.45, 2.75) is 11.9 Å². The van der Waals surface area contributed by atoms with E-state index in [9.17, 15) is 14.9 Å². The monoisotopic (exact) mass is 385 g/mol. The van der Waals surface area contributed by atoms with E-state index in [1.54, 1.807) is 6.26 Å². The number of amides is 2. The van der Waals surface area contributed by atoms with Crippen LogP contribution in [0.25, 0.3) is 11.4 Å². The van der Waals surface area contributed by atoms with E-state index in [4.69, 9.17) is 11.6 Å². The zero-order valence-electron chi connectivity index (χ0n) is 13.8. The van der Waals surface area contributed by atoms with E-state index in [1.807, 2.05) is 36.4 Å². The number of benzene rings is 1. The Morgan fingerprint density at radius 2 is 1.88 bits per heavy atom. The van der Waals surface area contributed by atoms with Gasteiger partial charge in [-0.2, -0.15) is 10.3 Å². The van der Waals surface area contributed by atoms with Gasteiger partial charge >= 0.3 is 0 Å². The van der Waals surface area contributed by atoms with Crippen LogP contribution in [0.5, 0.6) is 0 Å². The Kier molecular flexibility index (Phi) is 4.93. The molecule has 0 fully saturated rings. The lowest BCUT2D eigenvalue weighted by Gasteiger charge is -2.18. The molecule has 1 aliphatic heterocycles. The second-order valence-electron chi connectivity index (χ2n) is 5.25. The first-order valence-corrected chi connectivity index (χ1v) is 9.01. The predicted molar refractivity (Wildman–Crippen MR) is 98.0 cm³/mol. The normalized spacial score (nSPS) is 14.0. The van der Waals surface area contributed by atoms with E-state index in [2.05, 4.69) is 15.4 Å². The Hall–Kier alpha value is -2.89. The third-order valence-corrected chi connectivity index (χ3v) is 4.80. The number of nitriles is 1. The highest BCUT2D eigenvalue weighted by Crippen LogP contribution is 2.29. The number of hydrazine groups is 1. The number of halogens is 1. The quantitative estimate of drug-likeness (QED) is 0.490. The van der Waals surface area contributed by atoms with Crippen LogP contribution < -0.4 is 5.43 Å². The molecule has 0 aliphatic carbocycles. The maximum atomic E-state index is 12.2. The van der Waals surface area contributed by atoms with E-state index in [-0.39, 0.29) is 22.0 Å². The van der Waals surface area contributed by atoms with Crippen LogP contribution in [0.1, 0.15) is 12.5 Å². The number of nitrogens with one attached hydrogen (secondary N) is 1. The highest BCUT2D eigenvalue weighted by Gasteiger charge is 2.36. The van der Waals surface area contributed by atoms with Crippen LogP contribution in [-0.4, -0.2) is 33.0 Å². The van der Waals surface area contributed by atoms with Gasteiger partial charge in [0.25, 0.3) is 11.8 Å². The van der Waals surface area contributed by atoms with Gasteiger partial charge in [0.2, 0.25) is 0 Å². The molecule has 1 aromatic carbocycles. The molecule has 2 heterocycles. The molecule has 0 spiro atoms. The maximum absolute atomic E-state index is 12.2. The Morgan fingerprint density at radius 3 is 2.42 bits per heavy atom. The molecular formula is C17H12ClN5O2S. The van der Waals surface area contributed by atoms with E-state index in [0.717, 1.165) is 10.6 Å². The summed E-state index contributed by atoms with van der Waals surface area (Å²) in [5, 5.41) is 10.5. The minimum absolute atomic E-state index is 0.0616. The van der Waals surface area contributed by atoms with Gasteiger partial charge in [-0.05, 0) is 13.2 Å². The molecule has 0 bridgehead atoms. The topological polar surface area (TPSA) is 99.0 Å². The standard InChI is InChI=1S/C17H12ClN5O2S/c1-9-12(18)17(25)23(16(9)24)22-14-11(8-19)15(26-2)21-13(20-14)10-6-4-3-5-7-10/h3-7H,1-2H3,(H,20,21,22). The zero-order valence-corrected chi connectivity index (χ0v) is 15.4. The summed E-state index contributed by atoms with van der Waals surface area (Å²) in [5.41, 5.74) is 3.63. The van der Waals surface area contributed by atoms with Crippen molar-refractivity contribution in [1.29, 1.82) is 5.26 Å². The van der Waals surface area contributed by atoms with Crippen molar-refractivity contribution in [2.24, 2.45) is 0 Å². The smallest absolute Gasteiger partial charge is 0.270 e. The SMILES string of the molecule is CSc1nc(-c2ccccc2)nc(NN2C(=O)C(C)=C(Cl)C2=O)c1C#N. The first-order chi connectivity index (χ1) is 12.5. The second kappa shape index (κ2) is 7.15. The Bertz CT molecular complexity index is 961. The lowest BCUT2D eigenvalue weighted by molar-refractivity contribution is -0.135. The summed E-state index contributed by atoms with van der Waals surface area (Å²) in [6.07, 6.45) is 1.77. The molecule has 2 amide bonds. The van der Waals surface area contributed by atoms with E-state index in [0.29, 0.717) is 10.9 Å². The van der Waals surface area contributed by atoms with Crippen LogP contribution in [0.15, 0.2) is 46.0 Å². The number of thioether (sulfide) groups is 1. The largest absolute Gasteiger partial charge is 0.291 e. The van der Waals surface area contributed by atoms with Gasteiger partial charge in [0.1, 0.15) is 21.7 Å². The summed E-state index contributed by atoms with van der Waals surface area (Å²) < 4.78 is 0. The summed E-state index contributed by atoms with van der Waals surface area (Å²) in [6.45, 7) is 1.46. The average molecular weight is 386 g/mol. The number of anilines is 1. The molecule has 7 nitrogen and oxygen atoms in total. The van der Waals surface area contributed by atoms with Crippen LogP contribution in [0.3, 0.4) is 0 Å². The number of rotatable bonds is 4. The molecule has 0 unspecified atom stereocenters. The summed E-state index contributed by atoms with van der Waals surface area (Å²) >= 11 is 7.12. The van der Waals surface area contributed by atoms with E-state index in [1.165, 1.54) is 18.7 Å². The molecular weight excluding hydrogens is 374 g/mol. The minimum Gasteiger partial charge on any atom is -0.270 e. The van der Waals surface area contributed by atoms with Crippen LogP contribution in [-0.2, 0) is 9.59 Å². The van der Waals surface area contributed by atoms with E-state index < -0.39 is 11.8 Å². The summed E-state index contributed by atoms with van der Waals surface area (Å²) in [5.74, 6) is -0.851. The van der Waals surface area contributed by atoms with Crippen molar-refractivity contribution in [2.75, 3.05) is 11.7 Å². The van der Waals surface area contributed by atoms with Gasteiger partial charge in [0.05, 0.1) is 0 Å². The van der Waals surface area contributed by atoms with Gasteiger partial charge in [-0.15, -0.1) is 11.8 Å². The van der Waals surface area contributed by atoms with Crippen molar-refractivity contribution in [3.8, 4) is 17.5 Å². The average Bonchev–Trinajstić information content (AvgIpc) is 2.85. The lowest BCUT2D eigenvalue weighted by Crippen LogP contribution is -2.37. The number of aromatic nitrogens is 2. The molecule has 1 aromatic heterocycles. The fourth-order valence-corrected chi connectivity index (χ4v) is 3.00. The molecule has 3 rings (SSSR count). The van der Waals surface area contributed by atoms with Gasteiger partial charge in [0, 0.05) is 11.1 Å². The summed E-state index contributed by atoms with van der Waals surface area (Å²) in [7, 11) is 0. The molecule has 0 atom stereocenters. The van der Waals surface area contributed by atoms with Crippen molar-refractivity contribution in [3.63, 3.8) is 0 Å². The van der Waals surface area contributed by atoms with E-state index >= 15 is 0 Å². The number of carbonyl (C=O) groups excluding carboxylic acids is 2. The maximum Gasteiger partial charge on any atom is 0.291 e. The van der Waals surface area contributed by atoms with Gasteiger partial charge in [-0.25, -0.2) is 9.97 Å². The van der Waals surface area contributed by atoms with Gasteiger partial charge in [-0.1, -0.05) is 41.9 Å². The Balaban J connectivity index is 2.08. The number of carbonyl (C=O) groups is 2. The van der Waals surface area contributed by atoms with Crippen LogP contribution in [0, 0.1) is 11.3 Å². The van der Waals surface area contributed by atoms with Gasteiger partial charge < -0.3 is 0 Å². The van der Waals surface area contributed by atoms with Gasteiger partial charge in [-0.3, -0.25) is 15.0 Å². The first-order valence-electron chi connectivity index (χ1n) is 7.41. The predicted octanol–water partition coefficient (Wildman–Crippen LogP) is 2.95. The molecule has 0 radical (unpaired) electrons. The third kappa shape index (κ3) is 3.03. The molecule has 1 N–H and O–H groups in total. The molecule has 2 aromatic rings. The zero-order chi connectivity index (χ0) is 18.8. The molecule has 26 heavy (non-hydrogen) atoms. The third-order valence-electron chi connectivity index (χ3n) is 3.67. The number of imide groups is 1. The van der Waals surface area contributed by atoms with Crippen molar-refractivity contribution < 1.29 is 9.59 Å². The van der Waals surface area contributed by atoms with Crippen molar-refractivity contribution in [1.82, 2.24) is 15.0 Å². The van der Waals surface area contributed by atoms with Crippen LogP contribution in [0.2, 0.25) is 0 Å². The molecule has 1 aliphatic rings. The van der Waals surface area contributed by atoms with Crippen LogP contribution in [0.4, 0.5) is 5.82 Å².